The zero-order valence-electron chi connectivity index (χ0n) is 10.2. The Bertz CT molecular complexity index is 253. The van der Waals surface area contributed by atoms with E-state index in [-0.39, 0.29) is 0 Å². The van der Waals surface area contributed by atoms with Crippen LogP contribution >= 0.6 is 0 Å². The summed E-state index contributed by atoms with van der Waals surface area (Å²) in [7, 11) is 0. The predicted molar refractivity (Wildman–Crippen MR) is 66.9 cm³/mol. The van der Waals surface area contributed by atoms with Crippen molar-refractivity contribution >= 4 is 0 Å². The Morgan fingerprint density at radius 1 is 1.13 bits per heavy atom. The number of hydrogen-bond acceptors (Lipinski definition) is 1. The molecule has 1 aromatic rings. The maximum absolute atomic E-state index is 3.64. The molecular weight excluding hydrogens is 182 g/mol. The molecule has 1 N–H and O–H groups in total. The molecule has 0 heterocycles. The molecular formula is C14H23N. The minimum atomic E-state index is 0.498. The van der Waals surface area contributed by atoms with Gasteiger partial charge in [0, 0.05) is 6.04 Å². The first kappa shape index (κ1) is 12.3. The second-order valence-electron chi connectivity index (χ2n) is 4.44. The fourth-order valence-electron chi connectivity index (χ4n) is 1.83. The fraction of sp³-hybridized carbons (Fsp3) is 0.571. The van der Waals surface area contributed by atoms with Crippen LogP contribution in [0.25, 0.3) is 0 Å². The molecule has 0 saturated heterocycles. The molecule has 1 nitrogen and oxygen atoms in total. The lowest BCUT2D eigenvalue weighted by atomic mass is 9.96. The second-order valence-corrected chi connectivity index (χ2v) is 4.44. The third-order valence-electron chi connectivity index (χ3n) is 2.72. The van der Waals surface area contributed by atoms with Crippen LogP contribution in [0.5, 0.6) is 0 Å². The Labute approximate surface area is 93.9 Å². The van der Waals surface area contributed by atoms with Gasteiger partial charge < -0.3 is 5.32 Å². The van der Waals surface area contributed by atoms with Gasteiger partial charge in [-0.2, -0.15) is 0 Å². The van der Waals surface area contributed by atoms with Crippen LogP contribution in [0.2, 0.25) is 0 Å². The summed E-state index contributed by atoms with van der Waals surface area (Å²) in [6.45, 7) is 7.90. The van der Waals surface area contributed by atoms with Crippen LogP contribution in [0, 0.1) is 5.92 Å². The van der Waals surface area contributed by atoms with Gasteiger partial charge >= 0.3 is 0 Å². The minimum Gasteiger partial charge on any atom is -0.310 e. The lowest BCUT2D eigenvalue weighted by molar-refractivity contribution is 0.408. The highest BCUT2D eigenvalue weighted by molar-refractivity contribution is 5.19. The number of rotatable bonds is 6. The fourth-order valence-corrected chi connectivity index (χ4v) is 1.83. The predicted octanol–water partition coefficient (Wildman–Crippen LogP) is 3.77. The van der Waals surface area contributed by atoms with Crippen molar-refractivity contribution in [1.82, 2.24) is 5.32 Å². The molecule has 0 aliphatic carbocycles. The standard InChI is InChI=1S/C14H23N/c1-4-5-11-15-14(12(2)3)13-9-7-6-8-10-13/h6-10,12,14-15H,4-5,11H2,1-3H3/t14-/m1/s1. The summed E-state index contributed by atoms with van der Waals surface area (Å²) in [6, 6.07) is 11.2. The Balaban J connectivity index is 2.58. The van der Waals surface area contributed by atoms with Gasteiger partial charge in [-0.25, -0.2) is 0 Å². The molecule has 1 heteroatoms. The summed E-state index contributed by atoms with van der Waals surface area (Å²) in [5, 5.41) is 3.64. The maximum Gasteiger partial charge on any atom is 0.0343 e. The van der Waals surface area contributed by atoms with Crippen LogP contribution in [-0.2, 0) is 0 Å². The van der Waals surface area contributed by atoms with E-state index in [9.17, 15) is 0 Å². The van der Waals surface area contributed by atoms with Gasteiger partial charge in [0.05, 0.1) is 0 Å². The lowest BCUT2D eigenvalue weighted by Crippen LogP contribution is -2.26. The van der Waals surface area contributed by atoms with Crippen molar-refractivity contribution in [3.63, 3.8) is 0 Å². The molecule has 0 aliphatic rings. The van der Waals surface area contributed by atoms with Crippen LogP contribution in [0.1, 0.15) is 45.2 Å². The Morgan fingerprint density at radius 3 is 2.33 bits per heavy atom. The van der Waals surface area contributed by atoms with Crippen molar-refractivity contribution in [2.45, 2.75) is 39.7 Å². The lowest BCUT2D eigenvalue weighted by Gasteiger charge is -2.22. The van der Waals surface area contributed by atoms with Crippen molar-refractivity contribution in [3.8, 4) is 0 Å². The molecule has 84 valence electrons. The van der Waals surface area contributed by atoms with Crippen LogP contribution in [0.4, 0.5) is 0 Å². The zero-order valence-corrected chi connectivity index (χ0v) is 10.2. The van der Waals surface area contributed by atoms with Crippen molar-refractivity contribution in [3.05, 3.63) is 35.9 Å². The SMILES string of the molecule is CCCCN[C@@H](c1ccccc1)C(C)C. The summed E-state index contributed by atoms with van der Waals surface area (Å²) in [5.74, 6) is 0.643. The van der Waals surface area contributed by atoms with Crippen molar-refractivity contribution in [2.75, 3.05) is 6.54 Å². The van der Waals surface area contributed by atoms with E-state index >= 15 is 0 Å². The monoisotopic (exact) mass is 205 g/mol. The molecule has 0 aliphatic heterocycles. The molecule has 15 heavy (non-hydrogen) atoms. The molecule has 0 fully saturated rings. The van der Waals surface area contributed by atoms with Gasteiger partial charge in [0.1, 0.15) is 0 Å². The Morgan fingerprint density at radius 2 is 1.80 bits per heavy atom. The van der Waals surface area contributed by atoms with Gasteiger partial charge in [-0.1, -0.05) is 57.5 Å². The van der Waals surface area contributed by atoms with E-state index < -0.39 is 0 Å². The van der Waals surface area contributed by atoms with E-state index in [1.165, 1.54) is 18.4 Å². The van der Waals surface area contributed by atoms with E-state index in [0.29, 0.717) is 12.0 Å². The van der Waals surface area contributed by atoms with Crippen molar-refractivity contribution < 1.29 is 0 Å². The molecule has 0 aromatic heterocycles. The Kier molecular flexibility index (Phi) is 5.41. The van der Waals surface area contributed by atoms with Crippen molar-refractivity contribution in [1.29, 1.82) is 0 Å². The zero-order chi connectivity index (χ0) is 11.1. The van der Waals surface area contributed by atoms with Gasteiger partial charge in [-0.05, 0) is 24.4 Å². The quantitative estimate of drug-likeness (QED) is 0.697. The molecule has 0 radical (unpaired) electrons. The topological polar surface area (TPSA) is 12.0 Å². The van der Waals surface area contributed by atoms with Crippen LogP contribution in [0.3, 0.4) is 0 Å². The molecule has 1 aromatic carbocycles. The molecule has 0 spiro atoms. The van der Waals surface area contributed by atoms with E-state index in [2.05, 4.69) is 56.4 Å². The highest BCUT2D eigenvalue weighted by atomic mass is 14.9. The van der Waals surface area contributed by atoms with Gasteiger partial charge in [-0.15, -0.1) is 0 Å². The van der Waals surface area contributed by atoms with Crippen LogP contribution in [-0.4, -0.2) is 6.54 Å². The van der Waals surface area contributed by atoms with Gasteiger partial charge in [-0.3, -0.25) is 0 Å². The smallest absolute Gasteiger partial charge is 0.0343 e. The summed E-state index contributed by atoms with van der Waals surface area (Å²) in [6.07, 6.45) is 2.52. The number of nitrogens with one attached hydrogen (secondary N) is 1. The van der Waals surface area contributed by atoms with Crippen LogP contribution < -0.4 is 5.32 Å². The normalized spacial score (nSPS) is 13.1. The van der Waals surface area contributed by atoms with E-state index in [0.717, 1.165) is 6.54 Å². The average Bonchev–Trinajstić information content (AvgIpc) is 2.25. The number of benzene rings is 1. The van der Waals surface area contributed by atoms with Gasteiger partial charge in [0.2, 0.25) is 0 Å². The first-order chi connectivity index (χ1) is 7.25. The second kappa shape index (κ2) is 6.62. The van der Waals surface area contributed by atoms with E-state index in [1.54, 1.807) is 0 Å². The van der Waals surface area contributed by atoms with E-state index in [4.69, 9.17) is 0 Å². The van der Waals surface area contributed by atoms with E-state index in [1.807, 2.05) is 0 Å². The Hall–Kier alpha value is -0.820. The summed E-state index contributed by atoms with van der Waals surface area (Å²) < 4.78 is 0. The summed E-state index contributed by atoms with van der Waals surface area (Å²) in [4.78, 5) is 0. The summed E-state index contributed by atoms with van der Waals surface area (Å²) in [5.41, 5.74) is 1.41. The first-order valence-corrected chi connectivity index (χ1v) is 6.04. The summed E-state index contributed by atoms with van der Waals surface area (Å²) >= 11 is 0. The highest BCUT2D eigenvalue weighted by Crippen LogP contribution is 2.20. The number of hydrogen-bond donors (Lipinski definition) is 1. The molecule has 0 amide bonds. The molecule has 1 atom stereocenters. The maximum atomic E-state index is 3.64. The van der Waals surface area contributed by atoms with Crippen LogP contribution in [0.15, 0.2) is 30.3 Å². The molecule has 0 bridgehead atoms. The van der Waals surface area contributed by atoms with Gasteiger partial charge in [0.25, 0.3) is 0 Å². The molecule has 0 saturated carbocycles. The molecule has 1 rings (SSSR count). The number of unbranched alkanes of at least 4 members (excludes halogenated alkanes) is 1. The first-order valence-electron chi connectivity index (χ1n) is 6.04. The average molecular weight is 205 g/mol. The largest absolute Gasteiger partial charge is 0.310 e. The third kappa shape index (κ3) is 4.05. The highest BCUT2D eigenvalue weighted by Gasteiger charge is 2.13. The third-order valence-corrected chi connectivity index (χ3v) is 2.72. The minimum absolute atomic E-state index is 0.498. The van der Waals surface area contributed by atoms with Gasteiger partial charge in [0.15, 0.2) is 0 Å². The van der Waals surface area contributed by atoms with Crippen molar-refractivity contribution in [2.24, 2.45) is 5.92 Å². The molecule has 0 unspecified atom stereocenters.